The molecule has 2 aromatic heterocycles. The van der Waals surface area contributed by atoms with Gasteiger partial charge >= 0.3 is 0 Å². The number of thioether (sulfide) groups is 2. The van der Waals surface area contributed by atoms with Crippen molar-refractivity contribution in [1.29, 1.82) is 0 Å². The van der Waals surface area contributed by atoms with Crippen molar-refractivity contribution in [3.8, 4) is 11.4 Å². The minimum Gasteiger partial charge on any atom is -0.497 e. The lowest BCUT2D eigenvalue weighted by molar-refractivity contribution is -0.118. The highest BCUT2D eigenvalue weighted by Gasteiger charge is 2.23. The molecule has 164 valence electrons. The highest BCUT2D eigenvalue weighted by Crippen LogP contribution is 2.41. The summed E-state index contributed by atoms with van der Waals surface area (Å²) in [6.07, 6.45) is 1.98. The van der Waals surface area contributed by atoms with Crippen LogP contribution >= 0.6 is 34.9 Å². The fraction of sp³-hybridized carbons (Fsp3) is 0.409. The zero-order valence-electron chi connectivity index (χ0n) is 17.8. The number of hydrogen-bond acceptors (Lipinski definition) is 7. The number of methoxy groups -OCH3 is 1. The van der Waals surface area contributed by atoms with Crippen LogP contribution in [0.2, 0.25) is 0 Å². The number of aryl methyl sites for hydroxylation is 1. The standard InChI is InChI=1S/C22H25N3O3S3/c1-13(2)11-23-17(26)12-30-22-24-19-18(16-5-4-10-29-21(16)31-19)20(27)25(22)14-6-8-15(28-3)9-7-14/h6-9,13H,4-5,10-12H2,1-3H3,(H,23,26). The molecule has 0 radical (unpaired) electrons. The Kier molecular flexibility index (Phi) is 6.93. The molecule has 6 nitrogen and oxygen atoms in total. The number of aromatic nitrogens is 2. The highest BCUT2D eigenvalue weighted by atomic mass is 32.2. The lowest BCUT2D eigenvalue weighted by Gasteiger charge is -2.14. The van der Waals surface area contributed by atoms with Crippen LogP contribution in [0, 0.1) is 5.92 Å². The number of rotatable bonds is 7. The molecule has 31 heavy (non-hydrogen) atoms. The topological polar surface area (TPSA) is 73.2 Å². The Morgan fingerprint density at radius 1 is 1.32 bits per heavy atom. The monoisotopic (exact) mass is 475 g/mol. The molecule has 0 saturated carbocycles. The zero-order valence-corrected chi connectivity index (χ0v) is 20.2. The lowest BCUT2D eigenvalue weighted by atomic mass is 10.1. The van der Waals surface area contributed by atoms with Crippen molar-refractivity contribution in [2.75, 3.05) is 25.2 Å². The molecule has 1 amide bonds. The predicted molar refractivity (Wildman–Crippen MR) is 129 cm³/mol. The first-order valence-corrected chi connectivity index (χ1v) is 13.0. The van der Waals surface area contributed by atoms with Gasteiger partial charge in [-0.05, 0) is 54.3 Å². The van der Waals surface area contributed by atoms with Crippen LogP contribution in [-0.4, -0.2) is 40.6 Å². The van der Waals surface area contributed by atoms with Crippen LogP contribution in [0.25, 0.3) is 15.9 Å². The molecule has 1 N–H and O–H groups in total. The SMILES string of the molecule is COc1ccc(-n2c(SCC(=O)NCC(C)C)nc3sc4c(c3c2=O)CCCS4)cc1. The summed E-state index contributed by atoms with van der Waals surface area (Å²) in [7, 11) is 1.61. The summed E-state index contributed by atoms with van der Waals surface area (Å²) in [4.78, 5) is 31.6. The molecule has 0 atom stereocenters. The second-order valence-corrected chi connectivity index (χ2v) is 11.0. The maximum absolute atomic E-state index is 13.7. The second-order valence-electron chi connectivity index (χ2n) is 7.72. The van der Waals surface area contributed by atoms with Crippen LogP contribution in [0.1, 0.15) is 25.8 Å². The molecule has 1 aliphatic heterocycles. The molecule has 0 bridgehead atoms. The van der Waals surface area contributed by atoms with Gasteiger partial charge in [0.15, 0.2) is 5.16 Å². The number of hydrogen-bond donors (Lipinski definition) is 1. The van der Waals surface area contributed by atoms with Gasteiger partial charge in [-0.2, -0.15) is 0 Å². The smallest absolute Gasteiger partial charge is 0.267 e. The van der Waals surface area contributed by atoms with Crippen molar-refractivity contribution in [1.82, 2.24) is 14.9 Å². The molecule has 0 unspecified atom stereocenters. The third-order valence-electron chi connectivity index (χ3n) is 4.93. The number of carbonyl (C=O) groups excluding carboxylic acids is 1. The number of thiophene rings is 1. The van der Waals surface area contributed by atoms with Gasteiger partial charge in [-0.3, -0.25) is 14.2 Å². The van der Waals surface area contributed by atoms with Gasteiger partial charge in [0, 0.05) is 6.54 Å². The predicted octanol–water partition coefficient (Wildman–Crippen LogP) is 4.36. The Hall–Kier alpha value is -1.97. The van der Waals surface area contributed by atoms with E-state index in [-0.39, 0.29) is 17.2 Å². The van der Waals surface area contributed by atoms with Crippen molar-refractivity contribution < 1.29 is 9.53 Å². The zero-order chi connectivity index (χ0) is 22.0. The van der Waals surface area contributed by atoms with E-state index in [1.54, 1.807) is 34.8 Å². The Balaban J connectivity index is 1.77. The van der Waals surface area contributed by atoms with Crippen LogP contribution in [0.3, 0.4) is 0 Å². The molecule has 0 fully saturated rings. The van der Waals surface area contributed by atoms with Gasteiger partial charge in [0.05, 0.1) is 28.1 Å². The maximum Gasteiger partial charge on any atom is 0.267 e. The molecule has 0 saturated heterocycles. The number of carbonyl (C=O) groups is 1. The van der Waals surface area contributed by atoms with Gasteiger partial charge < -0.3 is 10.1 Å². The van der Waals surface area contributed by atoms with Crippen LogP contribution in [0.15, 0.2) is 38.4 Å². The van der Waals surface area contributed by atoms with Gasteiger partial charge in [0.1, 0.15) is 10.6 Å². The summed E-state index contributed by atoms with van der Waals surface area (Å²) in [5, 5.41) is 4.18. The molecular formula is C22H25N3O3S3. The molecule has 3 heterocycles. The Labute approximate surface area is 193 Å². The minimum atomic E-state index is -0.0692. The van der Waals surface area contributed by atoms with Crippen molar-refractivity contribution in [2.24, 2.45) is 5.92 Å². The number of nitrogens with zero attached hydrogens (tertiary/aromatic N) is 2. The molecule has 4 rings (SSSR count). The van der Waals surface area contributed by atoms with Crippen LogP contribution in [0.5, 0.6) is 5.75 Å². The number of ether oxygens (including phenoxy) is 1. The summed E-state index contributed by atoms with van der Waals surface area (Å²) >= 11 is 4.69. The third kappa shape index (κ3) is 4.78. The first-order chi connectivity index (χ1) is 15.0. The second kappa shape index (κ2) is 9.67. The van der Waals surface area contributed by atoms with E-state index in [0.29, 0.717) is 23.3 Å². The van der Waals surface area contributed by atoms with E-state index in [4.69, 9.17) is 9.72 Å². The molecule has 0 spiro atoms. The van der Waals surface area contributed by atoms with Gasteiger partial charge in [0.25, 0.3) is 5.56 Å². The van der Waals surface area contributed by atoms with E-state index in [9.17, 15) is 9.59 Å². The van der Waals surface area contributed by atoms with Gasteiger partial charge in [-0.25, -0.2) is 4.98 Å². The first kappa shape index (κ1) is 22.2. The van der Waals surface area contributed by atoms with E-state index in [1.807, 2.05) is 24.3 Å². The molecule has 1 aromatic carbocycles. The lowest BCUT2D eigenvalue weighted by Crippen LogP contribution is -2.29. The summed E-state index contributed by atoms with van der Waals surface area (Å²) in [5.74, 6) is 2.33. The van der Waals surface area contributed by atoms with Crippen LogP contribution < -0.4 is 15.6 Å². The van der Waals surface area contributed by atoms with Crippen molar-refractivity contribution in [2.45, 2.75) is 36.1 Å². The van der Waals surface area contributed by atoms with E-state index >= 15 is 0 Å². The number of fused-ring (bicyclic) bond motifs is 3. The fourth-order valence-electron chi connectivity index (χ4n) is 3.38. The minimum absolute atomic E-state index is 0.0599. The third-order valence-corrected chi connectivity index (χ3v) is 8.40. The number of nitrogens with one attached hydrogen (secondary N) is 1. The van der Waals surface area contributed by atoms with Crippen LogP contribution in [0.4, 0.5) is 0 Å². The van der Waals surface area contributed by atoms with E-state index in [0.717, 1.165) is 40.1 Å². The fourth-order valence-corrected chi connectivity index (χ4v) is 6.79. The van der Waals surface area contributed by atoms with E-state index in [1.165, 1.54) is 16.0 Å². The normalized spacial score (nSPS) is 13.4. The molecule has 9 heteroatoms. The summed E-state index contributed by atoms with van der Waals surface area (Å²) in [6, 6.07) is 7.36. The Morgan fingerprint density at radius 3 is 2.81 bits per heavy atom. The maximum atomic E-state index is 13.7. The number of benzene rings is 1. The van der Waals surface area contributed by atoms with Gasteiger partial charge in [0.2, 0.25) is 5.91 Å². The average Bonchev–Trinajstić information content (AvgIpc) is 3.15. The Bertz CT molecular complexity index is 1150. The van der Waals surface area contributed by atoms with Gasteiger partial charge in [-0.15, -0.1) is 23.1 Å². The van der Waals surface area contributed by atoms with E-state index < -0.39 is 0 Å². The van der Waals surface area contributed by atoms with Crippen molar-refractivity contribution in [3.05, 3.63) is 40.2 Å². The molecule has 0 aliphatic carbocycles. The molecule has 1 aliphatic rings. The van der Waals surface area contributed by atoms with Gasteiger partial charge in [-0.1, -0.05) is 25.6 Å². The van der Waals surface area contributed by atoms with E-state index in [2.05, 4.69) is 19.2 Å². The summed E-state index contributed by atoms with van der Waals surface area (Å²) in [6.45, 7) is 4.74. The van der Waals surface area contributed by atoms with Crippen molar-refractivity contribution >= 4 is 51.0 Å². The molecular weight excluding hydrogens is 450 g/mol. The summed E-state index contributed by atoms with van der Waals surface area (Å²) < 4.78 is 8.09. The number of amides is 1. The molecule has 3 aromatic rings. The highest BCUT2D eigenvalue weighted by molar-refractivity contribution is 8.01. The quantitative estimate of drug-likeness (QED) is 0.404. The Morgan fingerprint density at radius 2 is 2.10 bits per heavy atom. The summed E-state index contributed by atoms with van der Waals surface area (Å²) in [5.41, 5.74) is 1.77. The average molecular weight is 476 g/mol. The largest absolute Gasteiger partial charge is 0.497 e. The van der Waals surface area contributed by atoms with Crippen molar-refractivity contribution in [3.63, 3.8) is 0 Å². The first-order valence-electron chi connectivity index (χ1n) is 10.2. The van der Waals surface area contributed by atoms with Crippen LogP contribution in [-0.2, 0) is 11.2 Å².